The van der Waals surface area contributed by atoms with Gasteiger partial charge in [-0.3, -0.25) is 0 Å². The van der Waals surface area contributed by atoms with E-state index in [2.05, 4.69) is 87.0 Å². The molecule has 0 fully saturated rings. The van der Waals surface area contributed by atoms with Gasteiger partial charge in [0, 0.05) is 39.6 Å². The number of aryl methyl sites for hydroxylation is 1. The molecule has 0 saturated heterocycles. The third-order valence-electron chi connectivity index (χ3n) is 5.37. The zero-order valence-electron chi connectivity index (χ0n) is 15.1. The van der Waals surface area contributed by atoms with E-state index in [-0.39, 0.29) is 5.41 Å². The predicted octanol–water partition coefficient (Wildman–Crippen LogP) is 6.53. The van der Waals surface area contributed by atoms with Crippen molar-refractivity contribution in [2.75, 3.05) is 0 Å². The van der Waals surface area contributed by atoms with Gasteiger partial charge in [0.05, 0.1) is 0 Å². The fourth-order valence-electron chi connectivity index (χ4n) is 3.89. The highest BCUT2D eigenvalue weighted by Crippen LogP contribution is 2.37. The Morgan fingerprint density at radius 1 is 0.720 bits per heavy atom. The summed E-state index contributed by atoms with van der Waals surface area (Å²) in [6.45, 7) is 6.75. The zero-order chi connectivity index (χ0) is 17.3. The number of aromatic nitrogens is 1. The molecule has 0 bridgehead atoms. The third kappa shape index (κ3) is 1.97. The molecule has 2 heterocycles. The second kappa shape index (κ2) is 4.66. The lowest BCUT2D eigenvalue weighted by atomic mass is 9.86. The van der Waals surface area contributed by atoms with Gasteiger partial charge in [-0.15, -0.1) is 0 Å². The van der Waals surface area contributed by atoms with Crippen molar-refractivity contribution in [3.05, 3.63) is 60.2 Å². The van der Waals surface area contributed by atoms with E-state index in [0.29, 0.717) is 0 Å². The maximum absolute atomic E-state index is 6.18. The molecule has 0 atom stereocenters. The molecule has 25 heavy (non-hydrogen) atoms. The summed E-state index contributed by atoms with van der Waals surface area (Å²) in [6, 6.07) is 19.6. The van der Waals surface area contributed by atoms with Gasteiger partial charge in [0.25, 0.3) is 0 Å². The van der Waals surface area contributed by atoms with Crippen molar-refractivity contribution in [2.24, 2.45) is 7.05 Å². The summed E-state index contributed by atoms with van der Waals surface area (Å²) in [5.74, 6) is 0. The van der Waals surface area contributed by atoms with Crippen LogP contribution in [0.2, 0.25) is 0 Å². The lowest BCUT2D eigenvalue weighted by Crippen LogP contribution is -2.10. The number of nitrogens with zero attached hydrogens (tertiary/aromatic N) is 1. The smallest absolute Gasteiger partial charge is 0.136 e. The molecule has 0 amide bonds. The van der Waals surface area contributed by atoms with Gasteiger partial charge in [-0.2, -0.15) is 0 Å². The second-order valence-corrected chi connectivity index (χ2v) is 8.00. The van der Waals surface area contributed by atoms with Gasteiger partial charge in [0.2, 0.25) is 0 Å². The summed E-state index contributed by atoms with van der Waals surface area (Å²) in [5, 5.41) is 4.92. The Morgan fingerprint density at radius 2 is 1.48 bits per heavy atom. The molecule has 2 aromatic heterocycles. The molecular formula is C23H21NO. The summed E-state index contributed by atoms with van der Waals surface area (Å²) in [7, 11) is 2.14. The molecule has 5 aromatic rings. The Kier molecular flexibility index (Phi) is 2.72. The van der Waals surface area contributed by atoms with Crippen LogP contribution in [0.25, 0.3) is 43.7 Å². The van der Waals surface area contributed by atoms with Crippen LogP contribution in [0, 0.1) is 0 Å². The SMILES string of the molecule is Cn1c2ccccc2c2cc3oc4ccc(C(C)(C)C)cc4c3cc21. The van der Waals surface area contributed by atoms with Gasteiger partial charge in [-0.1, -0.05) is 45.0 Å². The molecule has 3 aromatic carbocycles. The minimum absolute atomic E-state index is 0.127. The average molecular weight is 327 g/mol. The Balaban J connectivity index is 1.93. The standard InChI is InChI=1S/C23H21NO/c1-23(2,3)14-9-10-21-17(11-14)18-12-20-16(13-22(18)25-21)15-7-5-6-8-19(15)24(20)4/h5-13H,1-4H3. The highest BCUT2D eigenvalue weighted by atomic mass is 16.3. The molecule has 124 valence electrons. The molecule has 0 radical (unpaired) electrons. The quantitative estimate of drug-likeness (QED) is 0.316. The van der Waals surface area contributed by atoms with Crippen LogP contribution in [0.15, 0.2) is 59.0 Å². The molecule has 0 aliphatic rings. The lowest BCUT2D eigenvalue weighted by Gasteiger charge is -2.18. The Morgan fingerprint density at radius 3 is 2.28 bits per heavy atom. The highest BCUT2D eigenvalue weighted by Gasteiger charge is 2.17. The van der Waals surface area contributed by atoms with Crippen molar-refractivity contribution in [2.45, 2.75) is 26.2 Å². The fourth-order valence-corrected chi connectivity index (χ4v) is 3.89. The zero-order valence-corrected chi connectivity index (χ0v) is 15.1. The minimum atomic E-state index is 0.127. The van der Waals surface area contributed by atoms with E-state index < -0.39 is 0 Å². The van der Waals surface area contributed by atoms with Crippen molar-refractivity contribution in [3.8, 4) is 0 Å². The van der Waals surface area contributed by atoms with Crippen LogP contribution in [0.1, 0.15) is 26.3 Å². The van der Waals surface area contributed by atoms with Crippen molar-refractivity contribution in [3.63, 3.8) is 0 Å². The average Bonchev–Trinajstić information content (AvgIpc) is 3.08. The van der Waals surface area contributed by atoms with E-state index in [1.165, 1.54) is 38.1 Å². The monoisotopic (exact) mass is 327 g/mol. The summed E-state index contributed by atoms with van der Waals surface area (Å²) >= 11 is 0. The minimum Gasteiger partial charge on any atom is -0.456 e. The van der Waals surface area contributed by atoms with Crippen LogP contribution < -0.4 is 0 Å². The Labute approximate surface area is 146 Å². The molecule has 0 aliphatic heterocycles. The largest absolute Gasteiger partial charge is 0.456 e. The maximum Gasteiger partial charge on any atom is 0.136 e. The van der Waals surface area contributed by atoms with E-state index in [9.17, 15) is 0 Å². The number of benzene rings is 3. The summed E-state index contributed by atoms with van der Waals surface area (Å²) < 4.78 is 8.45. The highest BCUT2D eigenvalue weighted by molar-refractivity contribution is 6.16. The van der Waals surface area contributed by atoms with Gasteiger partial charge in [-0.05, 0) is 41.3 Å². The Bertz CT molecular complexity index is 1280. The van der Waals surface area contributed by atoms with Crippen LogP contribution in [0.4, 0.5) is 0 Å². The Hall–Kier alpha value is -2.74. The van der Waals surface area contributed by atoms with Gasteiger partial charge >= 0.3 is 0 Å². The van der Waals surface area contributed by atoms with Crippen LogP contribution in [0.5, 0.6) is 0 Å². The van der Waals surface area contributed by atoms with Gasteiger partial charge < -0.3 is 8.98 Å². The molecule has 0 N–H and O–H groups in total. The van der Waals surface area contributed by atoms with Crippen molar-refractivity contribution in [1.29, 1.82) is 0 Å². The summed E-state index contributed by atoms with van der Waals surface area (Å²) in [5.41, 5.74) is 5.89. The molecule has 2 nitrogen and oxygen atoms in total. The number of fused-ring (bicyclic) bond motifs is 6. The number of rotatable bonds is 0. The van der Waals surface area contributed by atoms with E-state index in [0.717, 1.165) is 11.2 Å². The molecule has 0 spiro atoms. The van der Waals surface area contributed by atoms with Gasteiger partial charge in [-0.25, -0.2) is 0 Å². The van der Waals surface area contributed by atoms with Crippen molar-refractivity contribution >= 4 is 43.7 Å². The number of furan rings is 1. The molecular weight excluding hydrogens is 306 g/mol. The molecule has 5 rings (SSSR count). The number of para-hydroxylation sites is 1. The van der Waals surface area contributed by atoms with E-state index in [4.69, 9.17) is 4.42 Å². The summed E-state index contributed by atoms with van der Waals surface area (Å²) in [4.78, 5) is 0. The van der Waals surface area contributed by atoms with Gasteiger partial charge in [0.15, 0.2) is 0 Å². The van der Waals surface area contributed by atoms with Crippen LogP contribution in [0.3, 0.4) is 0 Å². The van der Waals surface area contributed by atoms with Crippen LogP contribution in [-0.4, -0.2) is 4.57 Å². The maximum atomic E-state index is 6.18. The molecule has 0 unspecified atom stereocenters. The van der Waals surface area contributed by atoms with Crippen LogP contribution >= 0.6 is 0 Å². The number of hydrogen-bond acceptors (Lipinski definition) is 1. The van der Waals surface area contributed by atoms with E-state index in [1.807, 2.05) is 0 Å². The third-order valence-corrected chi connectivity index (χ3v) is 5.37. The van der Waals surface area contributed by atoms with Crippen molar-refractivity contribution in [1.82, 2.24) is 4.57 Å². The van der Waals surface area contributed by atoms with Crippen LogP contribution in [-0.2, 0) is 12.5 Å². The first-order chi connectivity index (χ1) is 11.9. The topological polar surface area (TPSA) is 18.1 Å². The van der Waals surface area contributed by atoms with Crippen molar-refractivity contribution < 1.29 is 4.42 Å². The molecule has 2 heteroatoms. The first kappa shape index (κ1) is 14.6. The van der Waals surface area contributed by atoms with Gasteiger partial charge in [0.1, 0.15) is 11.2 Å². The predicted molar refractivity (Wildman–Crippen MR) is 106 cm³/mol. The molecule has 0 saturated carbocycles. The van der Waals surface area contributed by atoms with E-state index >= 15 is 0 Å². The second-order valence-electron chi connectivity index (χ2n) is 8.00. The first-order valence-corrected chi connectivity index (χ1v) is 8.77. The molecule has 0 aliphatic carbocycles. The first-order valence-electron chi connectivity index (χ1n) is 8.77. The number of hydrogen-bond donors (Lipinski definition) is 0. The normalized spacial score (nSPS) is 12.8. The lowest BCUT2D eigenvalue weighted by molar-refractivity contribution is 0.590. The van der Waals surface area contributed by atoms with E-state index in [1.54, 1.807) is 0 Å². The fraction of sp³-hybridized carbons (Fsp3) is 0.217. The summed E-state index contributed by atoms with van der Waals surface area (Å²) in [6.07, 6.45) is 0.